The molecule has 8 heteroatoms. The molecule has 25 heavy (non-hydrogen) atoms. The molecule has 0 aliphatic carbocycles. The molecule has 0 aromatic carbocycles. The normalized spacial score (nSPS) is 22.9. The summed E-state index contributed by atoms with van der Waals surface area (Å²) in [5.41, 5.74) is 0.196. The quantitative estimate of drug-likeness (QED) is 0.798. The van der Waals surface area contributed by atoms with Crippen molar-refractivity contribution in [2.24, 2.45) is 0 Å². The molecule has 2 fully saturated rings. The molecule has 8 nitrogen and oxygen atoms in total. The van der Waals surface area contributed by atoms with E-state index in [0.29, 0.717) is 26.1 Å². The molecule has 1 aromatic rings. The van der Waals surface area contributed by atoms with Crippen LogP contribution >= 0.6 is 0 Å². The van der Waals surface area contributed by atoms with Crippen LogP contribution in [0.1, 0.15) is 12.1 Å². The number of pyridine rings is 1. The fraction of sp³-hybridized carbons (Fsp3) is 0.529. The van der Waals surface area contributed by atoms with Gasteiger partial charge in [-0.3, -0.25) is 14.6 Å². The van der Waals surface area contributed by atoms with Gasteiger partial charge >= 0.3 is 6.03 Å². The summed E-state index contributed by atoms with van der Waals surface area (Å²) in [5, 5.41) is 2.85. The summed E-state index contributed by atoms with van der Waals surface area (Å²) in [6.07, 6.45) is 2.56. The zero-order chi connectivity index (χ0) is 18.0. The summed E-state index contributed by atoms with van der Waals surface area (Å²) >= 11 is 0. The molecule has 2 saturated heterocycles. The highest BCUT2D eigenvalue weighted by Crippen LogP contribution is 2.30. The predicted octanol–water partition coefficient (Wildman–Crippen LogP) is -0.291. The van der Waals surface area contributed by atoms with Crippen molar-refractivity contribution in [3.05, 3.63) is 30.1 Å². The molecular weight excluding hydrogens is 322 g/mol. The zero-order valence-electron chi connectivity index (χ0n) is 14.6. The third-order valence-corrected chi connectivity index (χ3v) is 4.85. The van der Waals surface area contributed by atoms with Crippen molar-refractivity contribution in [1.29, 1.82) is 0 Å². The number of carbonyl (C=O) groups excluding carboxylic acids is 3. The summed E-state index contributed by atoms with van der Waals surface area (Å²) in [7, 11) is 3.34. The van der Waals surface area contributed by atoms with Crippen LogP contribution in [-0.2, 0) is 16.0 Å². The lowest BCUT2D eigenvalue weighted by Gasteiger charge is -2.45. The predicted molar refractivity (Wildman–Crippen MR) is 90.7 cm³/mol. The number of hydrogen-bond donors (Lipinski definition) is 1. The number of hydrogen-bond acceptors (Lipinski definition) is 4. The summed E-state index contributed by atoms with van der Waals surface area (Å²) in [6, 6.07) is 5.30. The Hall–Kier alpha value is -2.64. The van der Waals surface area contributed by atoms with Gasteiger partial charge in [0.2, 0.25) is 11.8 Å². The number of likely N-dealkylation sites (tertiary alicyclic amines) is 1. The number of amides is 4. The molecule has 2 aliphatic heterocycles. The first-order valence-corrected chi connectivity index (χ1v) is 8.35. The maximum absolute atomic E-state index is 12.6. The van der Waals surface area contributed by atoms with E-state index in [1.807, 2.05) is 18.2 Å². The van der Waals surface area contributed by atoms with Gasteiger partial charge in [-0.15, -0.1) is 0 Å². The van der Waals surface area contributed by atoms with Crippen LogP contribution in [0.25, 0.3) is 0 Å². The first kappa shape index (κ1) is 17.2. The summed E-state index contributed by atoms with van der Waals surface area (Å²) in [6.45, 7) is 1.40. The topological polar surface area (TPSA) is 85.9 Å². The smallest absolute Gasteiger partial charge is 0.320 e. The fourth-order valence-electron chi connectivity index (χ4n) is 3.44. The molecule has 3 heterocycles. The lowest BCUT2D eigenvalue weighted by Crippen LogP contribution is -2.67. The first-order valence-electron chi connectivity index (χ1n) is 8.35. The van der Waals surface area contributed by atoms with Crippen molar-refractivity contribution in [2.45, 2.75) is 18.4 Å². The van der Waals surface area contributed by atoms with E-state index in [9.17, 15) is 14.4 Å². The second-order valence-corrected chi connectivity index (χ2v) is 6.83. The monoisotopic (exact) mass is 345 g/mol. The Labute approximate surface area is 146 Å². The molecule has 2 aliphatic rings. The van der Waals surface area contributed by atoms with E-state index >= 15 is 0 Å². The number of piperazine rings is 1. The van der Waals surface area contributed by atoms with E-state index in [1.165, 1.54) is 4.90 Å². The Morgan fingerprint density at radius 1 is 1.36 bits per heavy atom. The minimum atomic E-state index is -0.533. The van der Waals surface area contributed by atoms with E-state index in [-0.39, 0.29) is 30.8 Å². The van der Waals surface area contributed by atoms with Crippen molar-refractivity contribution < 1.29 is 14.4 Å². The van der Waals surface area contributed by atoms with Crippen molar-refractivity contribution in [3.8, 4) is 0 Å². The van der Waals surface area contributed by atoms with Gasteiger partial charge in [-0.1, -0.05) is 6.07 Å². The van der Waals surface area contributed by atoms with Gasteiger partial charge in [-0.2, -0.15) is 0 Å². The van der Waals surface area contributed by atoms with Gasteiger partial charge in [0.1, 0.15) is 6.54 Å². The number of nitrogens with zero attached hydrogens (tertiary/aromatic N) is 4. The molecule has 1 spiro atoms. The maximum atomic E-state index is 12.6. The third-order valence-electron chi connectivity index (χ3n) is 4.85. The SMILES string of the molecule is CN(C)C(=O)N1CC(=O)NCC12CCN(C(=O)Cc1ccccn1)C2. The molecular formula is C17H23N5O3. The lowest BCUT2D eigenvalue weighted by molar-refractivity contribution is -0.130. The van der Waals surface area contributed by atoms with Gasteiger partial charge in [0.25, 0.3) is 0 Å². The fourth-order valence-corrected chi connectivity index (χ4v) is 3.44. The van der Waals surface area contributed by atoms with Crippen molar-refractivity contribution in [2.75, 3.05) is 40.3 Å². The maximum Gasteiger partial charge on any atom is 0.320 e. The van der Waals surface area contributed by atoms with Crippen molar-refractivity contribution in [3.63, 3.8) is 0 Å². The van der Waals surface area contributed by atoms with Gasteiger partial charge < -0.3 is 20.0 Å². The summed E-state index contributed by atoms with van der Waals surface area (Å²) < 4.78 is 0. The molecule has 1 N–H and O–H groups in total. The van der Waals surface area contributed by atoms with Gasteiger partial charge in [-0.25, -0.2) is 4.79 Å². The van der Waals surface area contributed by atoms with Crippen LogP contribution in [0.5, 0.6) is 0 Å². The largest absolute Gasteiger partial charge is 0.352 e. The van der Waals surface area contributed by atoms with Crippen molar-refractivity contribution in [1.82, 2.24) is 25.0 Å². The molecule has 0 saturated carbocycles. The highest BCUT2D eigenvalue weighted by atomic mass is 16.2. The lowest BCUT2D eigenvalue weighted by atomic mass is 9.93. The average molecular weight is 345 g/mol. The van der Waals surface area contributed by atoms with Gasteiger partial charge in [0, 0.05) is 45.6 Å². The number of nitrogens with one attached hydrogen (secondary N) is 1. The Balaban J connectivity index is 1.73. The number of aromatic nitrogens is 1. The Bertz CT molecular complexity index is 678. The van der Waals surface area contributed by atoms with E-state index in [0.717, 1.165) is 5.69 Å². The van der Waals surface area contributed by atoms with Crippen LogP contribution in [0.3, 0.4) is 0 Å². The Kier molecular flexibility index (Phi) is 4.61. The number of carbonyl (C=O) groups is 3. The van der Waals surface area contributed by atoms with E-state index in [4.69, 9.17) is 0 Å². The van der Waals surface area contributed by atoms with Crippen LogP contribution < -0.4 is 5.32 Å². The number of rotatable bonds is 2. The second kappa shape index (κ2) is 6.70. The molecule has 1 unspecified atom stereocenters. The molecule has 134 valence electrons. The number of urea groups is 1. The zero-order valence-corrected chi connectivity index (χ0v) is 14.6. The average Bonchev–Trinajstić information content (AvgIpc) is 3.02. The molecule has 1 aromatic heterocycles. The highest BCUT2D eigenvalue weighted by Gasteiger charge is 2.49. The van der Waals surface area contributed by atoms with Crippen LogP contribution in [-0.4, -0.2) is 83.3 Å². The van der Waals surface area contributed by atoms with Crippen LogP contribution in [0.2, 0.25) is 0 Å². The van der Waals surface area contributed by atoms with Crippen molar-refractivity contribution >= 4 is 17.8 Å². The van der Waals surface area contributed by atoms with Crippen LogP contribution in [0.15, 0.2) is 24.4 Å². The van der Waals surface area contributed by atoms with E-state index in [2.05, 4.69) is 10.3 Å². The first-order chi connectivity index (χ1) is 11.9. The minimum absolute atomic E-state index is 0.00951. The Morgan fingerprint density at radius 3 is 2.84 bits per heavy atom. The van der Waals surface area contributed by atoms with Crippen LogP contribution in [0.4, 0.5) is 4.79 Å². The van der Waals surface area contributed by atoms with Crippen LogP contribution in [0, 0.1) is 0 Å². The standard InChI is InChI=1S/C17H23N5O3/c1-20(2)16(25)22-10-14(23)19-11-17(22)6-8-21(12-17)15(24)9-13-5-3-4-7-18-13/h3-5,7H,6,8-12H2,1-2H3,(H,19,23). The highest BCUT2D eigenvalue weighted by molar-refractivity contribution is 5.86. The van der Waals surface area contributed by atoms with E-state index in [1.54, 1.807) is 30.1 Å². The third kappa shape index (κ3) is 3.42. The molecule has 0 radical (unpaired) electrons. The second-order valence-electron chi connectivity index (χ2n) is 6.83. The molecule has 0 bridgehead atoms. The molecule has 1 atom stereocenters. The minimum Gasteiger partial charge on any atom is -0.352 e. The Morgan fingerprint density at radius 2 is 2.16 bits per heavy atom. The molecule has 3 rings (SSSR count). The summed E-state index contributed by atoms with van der Waals surface area (Å²) in [4.78, 5) is 46.0. The molecule has 4 amide bonds. The van der Waals surface area contributed by atoms with Gasteiger partial charge in [0.05, 0.1) is 12.0 Å². The van der Waals surface area contributed by atoms with Gasteiger partial charge in [0.15, 0.2) is 0 Å². The summed E-state index contributed by atoms with van der Waals surface area (Å²) in [5.74, 6) is -0.177. The van der Waals surface area contributed by atoms with Gasteiger partial charge in [-0.05, 0) is 18.6 Å². The van der Waals surface area contributed by atoms with E-state index < -0.39 is 5.54 Å².